The van der Waals surface area contributed by atoms with Gasteiger partial charge in [0.25, 0.3) is 0 Å². The Hall–Kier alpha value is -2.10. The summed E-state index contributed by atoms with van der Waals surface area (Å²) in [4.78, 5) is 45.2. The zero-order valence-electron chi connectivity index (χ0n) is 14.3. The summed E-state index contributed by atoms with van der Waals surface area (Å²) in [5, 5.41) is 0. The molecular weight excluding hydrogens is 323 g/mol. The molecule has 0 radical (unpaired) electrons. The largest absolute Gasteiger partial charge is 0.463 e. The van der Waals surface area contributed by atoms with Crippen LogP contribution in [0.15, 0.2) is 0 Å². The van der Waals surface area contributed by atoms with E-state index in [0.717, 1.165) is 0 Å². The van der Waals surface area contributed by atoms with Crippen molar-refractivity contribution < 1.29 is 42.9 Å². The van der Waals surface area contributed by atoms with Gasteiger partial charge >= 0.3 is 23.9 Å². The SMILES string of the molecule is B[C@H]1OC(COC(C)=O)[C@H](OC(C)=O)C(OC(C)=O)C1OC(C)=O. The Morgan fingerprint density at radius 1 is 0.792 bits per heavy atom. The standard InChI is InChI=1S/C14H21BO9/c1-6(16)20-5-10-11(21-7(2)17)12(22-8(3)18)13(14(15)24-10)23-9(4)19/h10-14H,5,15H2,1-4H3/t10?,11-,12?,13?,14-/m0/s1. The lowest BCUT2D eigenvalue weighted by atomic mass is 9.84. The Kier molecular flexibility index (Phi) is 7.21. The molecule has 1 heterocycles. The highest BCUT2D eigenvalue weighted by molar-refractivity contribution is 6.11. The van der Waals surface area contributed by atoms with Gasteiger partial charge in [0.05, 0.1) is 6.00 Å². The summed E-state index contributed by atoms with van der Waals surface area (Å²) in [5.74, 6) is -2.44. The highest BCUT2D eigenvalue weighted by atomic mass is 16.7. The van der Waals surface area contributed by atoms with Crippen LogP contribution in [0.25, 0.3) is 0 Å². The summed E-state index contributed by atoms with van der Waals surface area (Å²) in [6.45, 7) is 4.56. The molecule has 1 aliphatic rings. The van der Waals surface area contributed by atoms with Crippen molar-refractivity contribution in [2.75, 3.05) is 6.61 Å². The van der Waals surface area contributed by atoms with Crippen LogP contribution < -0.4 is 0 Å². The molecule has 134 valence electrons. The van der Waals surface area contributed by atoms with Gasteiger partial charge in [0.2, 0.25) is 0 Å². The van der Waals surface area contributed by atoms with Gasteiger partial charge in [0.1, 0.15) is 20.6 Å². The van der Waals surface area contributed by atoms with Crippen LogP contribution in [0.4, 0.5) is 0 Å². The zero-order valence-corrected chi connectivity index (χ0v) is 14.3. The summed E-state index contributed by atoms with van der Waals surface area (Å²) in [5.41, 5.74) is 0. The van der Waals surface area contributed by atoms with Gasteiger partial charge < -0.3 is 23.7 Å². The average Bonchev–Trinajstić information content (AvgIpc) is 2.42. The lowest BCUT2D eigenvalue weighted by Crippen LogP contribution is -2.62. The Labute approximate surface area is 140 Å². The van der Waals surface area contributed by atoms with Crippen molar-refractivity contribution in [3.63, 3.8) is 0 Å². The minimum Gasteiger partial charge on any atom is -0.463 e. The van der Waals surface area contributed by atoms with Crippen LogP contribution in [0, 0.1) is 0 Å². The number of esters is 4. The molecule has 10 heteroatoms. The number of hydrogen-bond donors (Lipinski definition) is 0. The molecule has 1 fully saturated rings. The number of hydrogen-bond acceptors (Lipinski definition) is 9. The predicted octanol–water partition coefficient (Wildman–Crippen LogP) is -1.30. The third-order valence-corrected chi connectivity index (χ3v) is 3.22. The fraction of sp³-hybridized carbons (Fsp3) is 0.714. The Bertz CT molecular complexity index is 506. The molecule has 0 bridgehead atoms. The van der Waals surface area contributed by atoms with Crippen molar-refractivity contribution in [3.8, 4) is 0 Å². The third kappa shape index (κ3) is 5.84. The van der Waals surface area contributed by atoms with Gasteiger partial charge in [-0.3, -0.25) is 19.2 Å². The van der Waals surface area contributed by atoms with Gasteiger partial charge in [-0.2, -0.15) is 0 Å². The highest BCUT2D eigenvalue weighted by Gasteiger charge is 2.50. The van der Waals surface area contributed by atoms with E-state index in [-0.39, 0.29) is 6.61 Å². The molecule has 9 nitrogen and oxygen atoms in total. The molecule has 0 spiro atoms. The fourth-order valence-corrected chi connectivity index (χ4v) is 2.44. The van der Waals surface area contributed by atoms with E-state index in [4.69, 9.17) is 23.7 Å². The van der Waals surface area contributed by atoms with Crippen LogP contribution in [0.2, 0.25) is 0 Å². The molecule has 0 amide bonds. The molecule has 0 N–H and O–H groups in total. The topological polar surface area (TPSA) is 114 Å². The van der Waals surface area contributed by atoms with Gasteiger partial charge in [0, 0.05) is 27.7 Å². The van der Waals surface area contributed by atoms with Crippen molar-refractivity contribution in [3.05, 3.63) is 0 Å². The molecule has 0 aliphatic carbocycles. The van der Waals surface area contributed by atoms with E-state index in [1.54, 1.807) is 7.85 Å². The van der Waals surface area contributed by atoms with Crippen LogP contribution >= 0.6 is 0 Å². The summed E-state index contributed by atoms with van der Waals surface area (Å²) in [7, 11) is 1.61. The van der Waals surface area contributed by atoms with Gasteiger partial charge in [-0.25, -0.2) is 0 Å². The first-order valence-electron chi connectivity index (χ1n) is 7.42. The van der Waals surface area contributed by atoms with E-state index in [1.807, 2.05) is 0 Å². The van der Waals surface area contributed by atoms with E-state index in [0.29, 0.717) is 0 Å². The van der Waals surface area contributed by atoms with Crippen molar-refractivity contribution in [1.82, 2.24) is 0 Å². The van der Waals surface area contributed by atoms with Crippen molar-refractivity contribution in [2.45, 2.75) is 58.1 Å². The van der Waals surface area contributed by atoms with E-state index >= 15 is 0 Å². The summed E-state index contributed by atoms with van der Waals surface area (Å²) < 4.78 is 26.1. The molecule has 24 heavy (non-hydrogen) atoms. The zero-order chi connectivity index (χ0) is 18.4. The van der Waals surface area contributed by atoms with Crippen LogP contribution in [0.1, 0.15) is 27.7 Å². The maximum atomic E-state index is 11.4. The number of carbonyl (C=O) groups is 4. The Balaban J connectivity index is 3.11. The minimum atomic E-state index is -1.09. The molecule has 0 saturated carbocycles. The maximum Gasteiger partial charge on any atom is 0.303 e. The summed E-state index contributed by atoms with van der Waals surface area (Å²) in [6, 6.07) is -0.675. The normalized spacial score (nSPS) is 29.2. The van der Waals surface area contributed by atoms with E-state index in [2.05, 4.69) is 0 Å². The lowest BCUT2D eigenvalue weighted by molar-refractivity contribution is -0.239. The minimum absolute atomic E-state index is 0.206. The van der Waals surface area contributed by atoms with Crippen molar-refractivity contribution in [1.29, 1.82) is 0 Å². The first-order valence-corrected chi connectivity index (χ1v) is 7.42. The second-order valence-corrected chi connectivity index (χ2v) is 5.40. The molecule has 5 atom stereocenters. The average molecular weight is 344 g/mol. The first kappa shape index (κ1) is 20.0. The molecule has 3 unspecified atom stereocenters. The van der Waals surface area contributed by atoms with Gasteiger partial charge in [0.15, 0.2) is 18.3 Å². The molecule has 1 aliphatic heterocycles. The van der Waals surface area contributed by atoms with Gasteiger partial charge in [-0.1, -0.05) is 0 Å². The first-order chi connectivity index (χ1) is 11.1. The van der Waals surface area contributed by atoms with Crippen LogP contribution in [0.5, 0.6) is 0 Å². The maximum absolute atomic E-state index is 11.4. The van der Waals surface area contributed by atoms with Crippen LogP contribution in [-0.2, 0) is 42.9 Å². The fourth-order valence-electron chi connectivity index (χ4n) is 2.44. The Morgan fingerprint density at radius 2 is 1.25 bits per heavy atom. The lowest BCUT2D eigenvalue weighted by Gasteiger charge is -2.43. The Morgan fingerprint density at radius 3 is 1.71 bits per heavy atom. The third-order valence-electron chi connectivity index (χ3n) is 3.22. The van der Waals surface area contributed by atoms with Crippen LogP contribution in [0.3, 0.4) is 0 Å². The van der Waals surface area contributed by atoms with Crippen LogP contribution in [-0.4, -0.2) is 68.7 Å². The molecule has 0 aromatic heterocycles. The van der Waals surface area contributed by atoms with Gasteiger partial charge in [-0.05, 0) is 0 Å². The number of carbonyl (C=O) groups excluding carboxylic acids is 4. The second kappa shape index (κ2) is 8.67. The number of rotatable bonds is 5. The predicted molar refractivity (Wildman–Crippen MR) is 80.5 cm³/mol. The molecular formula is C14H21BO9. The van der Waals surface area contributed by atoms with E-state index in [9.17, 15) is 19.2 Å². The molecule has 0 aromatic rings. The number of ether oxygens (including phenoxy) is 5. The molecule has 1 saturated heterocycles. The molecule has 0 aromatic carbocycles. The smallest absolute Gasteiger partial charge is 0.303 e. The quantitative estimate of drug-likeness (QED) is 0.341. The second-order valence-electron chi connectivity index (χ2n) is 5.40. The monoisotopic (exact) mass is 344 g/mol. The van der Waals surface area contributed by atoms with Crippen molar-refractivity contribution in [2.24, 2.45) is 0 Å². The summed E-state index contributed by atoms with van der Waals surface area (Å²) in [6.07, 6.45) is -4.01. The summed E-state index contributed by atoms with van der Waals surface area (Å²) >= 11 is 0. The van der Waals surface area contributed by atoms with E-state index in [1.165, 1.54) is 27.7 Å². The molecule has 1 rings (SSSR count). The highest BCUT2D eigenvalue weighted by Crippen LogP contribution is 2.27. The van der Waals surface area contributed by atoms with E-state index < -0.39 is 54.3 Å². The van der Waals surface area contributed by atoms with Gasteiger partial charge in [-0.15, -0.1) is 0 Å². The van der Waals surface area contributed by atoms with Crippen molar-refractivity contribution >= 4 is 31.7 Å².